The van der Waals surface area contributed by atoms with Gasteiger partial charge < -0.3 is 9.88 Å². The lowest BCUT2D eigenvalue weighted by atomic mass is 10.2. The van der Waals surface area contributed by atoms with Crippen molar-refractivity contribution in [1.82, 2.24) is 9.88 Å². The van der Waals surface area contributed by atoms with Gasteiger partial charge in [0.1, 0.15) is 0 Å². The lowest BCUT2D eigenvalue weighted by molar-refractivity contribution is 0.542. The number of nitrogens with zero attached hydrogens (tertiary/aromatic N) is 1. The van der Waals surface area contributed by atoms with Gasteiger partial charge in [-0.1, -0.05) is 13.8 Å². The molecule has 0 unspecified atom stereocenters. The minimum Gasteiger partial charge on any atom is -0.353 e. The van der Waals surface area contributed by atoms with E-state index in [1.54, 1.807) is 0 Å². The minimum absolute atomic E-state index is 0.727. The topological polar surface area (TPSA) is 17.0 Å². The van der Waals surface area contributed by atoms with Crippen LogP contribution in [0.4, 0.5) is 0 Å². The Labute approximate surface area is 74.6 Å². The Hall–Kier alpha value is -0.760. The van der Waals surface area contributed by atoms with Crippen molar-refractivity contribution >= 4 is 0 Å². The largest absolute Gasteiger partial charge is 0.353 e. The van der Waals surface area contributed by atoms with Gasteiger partial charge >= 0.3 is 0 Å². The highest BCUT2D eigenvalue weighted by Gasteiger charge is 1.96. The average molecular weight is 166 g/mol. The molecule has 1 N–H and O–H groups in total. The smallest absolute Gasteiger partial charge is 0.0359 e. The van der Waals surface area contributed by atoms with Gasteiger partial charge in [0.05, 0.1) is 0 Å². The van der Waals surface area contributed by atoms with E-state index < -0.39 is 0 Å². The summed E-state index contributed by atoms with van der Waals surface area (Å²) in [5.41, 5.74) is 1.34. The molecule has 0 amide bonds. The molecular weight excluding hydrogens is 148 g/mol. The Bertz CT molecular complexity index is 225. The van der Waals surface area contributed by atoms with Crippen LogP contribution < -0.4 is 5.32 Å². The van der Waals surface area contributed by atoms with Crippen LogP contribution >= 0.6 is 0 Å². The molecule has 0 aliphatic heterocycles. The quantitative estimate of drug-likeness (QED) is 0.721. The maximum absolute atomic E-state index is 3.41. The monoisotopic (exact) mass is 166 g/mol. The second kappa shape index (κ2) is 4.31. The second-order valence-electron chi connectivity index (χ2n) is 3.64. The first-order chi connectivity index (χ1) is 5.70. The number of rotatable bonds is 4. The van der Waals surface area contributed by atoms with Crippen molar-refractivity contribution in [2.24, 2.45) is 13.0 Å². The maximum Gasteiger partial charge on any atom is 0.0359 e. The Morgan fingerprint density at radius 1 is 1.50 bits per heavy atom. The molecule has 2 nitrogen and oxygen atoms in total. The van der Waals surface area contributed by atoms with Crippen LogP contribution in [0.5, 0.6) is 0 Å². The summed E-state index contributed by atoms with van der Waals surface area (Å²) in [6.45, 7) is 6.50. The van der Waals surface area contributed by atoms with Gasteiger partial charge in [0.15, 0.2) is 0 Å². The van der Waals surface area contributed by atoms with Crippen molar-refractivity contribution in [2.45, 2.75) is 20.4 Å². The molecule has 0 bridgehead atoms. The number of hydrogen-bond acceptors (Lipinski definition) is 1. The van der Waals surface area contributed by atoms with Gasteiger partial charge in [-0.25, -0.2) is 0 Å². The van der Waals surface area contributed by atoms with Crippen molar-refractivity contribution in [2.75, 3.05) is 6.54 Å². The SMILES string of the molecule is CC(C)CNCc1cccn1C. The average Bonchev–Trinajstić information content (AvgIpc) is 2.36. The lowest BCUT2D eigenvalue weighted by Gasteiger charge is -2.07. The summed E-state index contributed by atoms with van der Waals surface area (Å²) in [6.07, 6.45) is 2.08. The van der Waals surface area contributed by atoms with Gasteiger partial charge in [0.25, 0.3) is 0 Å². The summed E-state index contributed by atoms with van der Waals surface area (Å²) >= 11 is 0. The fourth-order valence-electron chi connectivity index (χ4n) is 1.17. The van der Waals surface area contributed by atoms with Crippen LogP contribution in [0.3, 0.4) is 0 Å². The summed E-state index contributed by atoms with van der Waals surface area (Å²) in [4.78, 5) is 0. The molecule has 0 aromatic carbocycles. The van der Waals surface area contributed by atoms with E-state index in [2.05, 4.69) is 49.1 Å². The van der Waals surface area contributed by atoms with E-state index in [4.69, 9.17) is 0 Å². The van der Waals surface area contributed by atoms with E-state index in [-0.39, 0.29) is 0 Å². The molecule has 1 aromatic rings. The molecule has 1 aromatic heterocycles. The van der Waals surface area contributed by atoms with Crippen molar-refractivity contribution in [3.8, 4) is 0 Å². The molecule has 2 heteroatoms. The highest BCUT2D eigenvalue weighted by Crippen LogP contribution is 1.98. The molecule has 0 saturated heterocycles. The first-order valence-corrected chi connectivity index (χ1v) is 4.51. The molecule has 0 spiro atoms. The van der Waals surface area contributed by atoms with Gasteiger partial charge in [-0.3, -0.25) is 0 Å². The first-order valence-electron chi connectivity index (χ1n) is 4.51. The standard InChI is InChI=1S/C10H18N2/c1-9(2)7-11-8-10-5-4-6-12(10)3/h4-6,9,11H,7-8H2,1-3H3. The summed E-state index contributed by atoms with van der Waals surface area (Å²) in [7, 11) is 2.08. The van der Waals surface area contributed by atoms with E-state index in [0.717, 1.165) is 19.0 Å². The Balaban J connectivity index is 2.29. The fourth-order valence-corrected chi connectivity index (χ4v) is 1.17. The van der Waals surface area contributed by atoms with Gasteiger partial charge in [-0.05, 0) is 24.6 Å². The number of nitrogens with one attached hydrogen (secondary N) is 1. The first kappa shape index (κ1) is 9.33. The molecule has 0 atom stereocenters. The van der Waals surface area contributed by atoms with Crippen molar-refractivity contribution in [3.05, 3.63) is 24.0 Å². The third-order valence-electron chi connectivity index (χ3n) is 1.91. The van der Waals surface area contributed by atoms with Gasteiger partial charge in [-0.15, -0.1) is 0 Å². The van der Waals surface area contributed by atoms with Crippen molar-refractivity contribution < 1.29 is 0 Å². The highest BCUT2D eigenvalue weighted by atomic mass is 15.0. The molecule has 0 radical (unpaired) electrons. The number of aryl methyl sites for hydroxylation is 1. The van der Waals surface area contributed by atoms with Crippen LogP contribution in [0, 0.1) is 5.92 Å². The van der Waals surface area contributed by atoms with Crippen molar-refractivity contribution in [3.63, 3.8) is 0 Å². The molecule has 0 saturated carbocycles. The molecule has 0 fully saturated rings. The van der Waals surface area contributed by atoms with Gasteiger partial charge in [-0.2, -0.15) is 0 Å². The molecule has 1 heterocycles. The Morgan fingerprint density at radius 3 is 2.75 bits per heavy atom. The third kappa shape index (κ3) is 2.70. The normalized spacial score (nSPS) is 11.0. The summed E-state index contributed by atoms with van der Waals surface area (Å²) in [6, 6.07) is 4.22. The fraction of sp³-hybridized carbons (Fsp3) is 0.600. The van der Waals surface area contributed by atoms with Crippen LogP contribution in [0.2, 0.25) is 0 Å². The molecule has 0 aliphatic rings. The lowest BCUT2D eigenvalue weighted by Crippen LogP contribution is -2.20. The van der Waals surface area contributed by atoms with Crippen molar-refractivity contribution in [1.29, 1.82) is 0 Å². The third-order valence-corrected chi connectivity index (χ3v) is 1.91. The van der Waals surface area contributed by atoms with Crippen LogP contribution in [-0.2, 0) is 13.6 Å². The number of aromatic nitrogens is 1. The van der Waals surface area contributed by atoms with Crippen LogP contribution in [0.1, 0.15) is 19.5 Å². The van der Waals surface area contributed by atoms with Gasteiger partial charge in [0, 0.05) is 25.5 Å². The summed E-state index contributed by atoms with van der Waals surface area (Å²) < 4.78 is 2.15. The van der Waals surface area contributed by atoms with Crippen LogP contribution in [0.15, 0.2) is 18.3 Å². The number of hydrogen-bond donors (Lipinski definition) is 1. The van der Waals surface area contributed by atoms with Gasteiger partial charge in [0.2, 0.25) is 0 Å². The van der Waals surface area contributed by atoms with E-state index in [1.165, 1.54) is 5.69 Å². The highest BCUT2D eigenvalue weighted by molar-refractivity contribution is 5.05. The summed E-state index contributed by atoms with van der Waals surface area (Å²) in [5.74, 6) is 0.727. The Morgan fingerprint density at radius 2 is 2.25 bits per heavy atom. The molecular formula is C10H18N2. The van der Waals surface area contributed by atoms with E-state index in [0.29, 0.717) is 0 Å². The van der Waals surface area contributed by atoms with E-state index >= 15 is 0 Å². The van der Waals surface area contributed by atoms with E-state index in [9.17, 15) is 0 Å². The van der Waals surface area contributed by atoms with Crippen LogP contribution in [0.25, 0.3) is 0 Å². The molecule has 1 rings (SSSR count). The zero-order valence-corrected chi connectivity index (χ0v) is 8.17. The minimum atomic E-state index is 0.727. The molecule has 0 aliphatic carbocycles. The summed E-state index contributed by atoms with van der Waals surface area (Å²) in [5, 5.41) is 3.41. The Kier molecular flexibility index (Phi) is 3.35. The van der Waals surface area contributed by atoms with E-state index in [1.807, 2.05) is 0 Å². The zero-order chi connectivity index (χ0) is 8.97. The molecule has 68 valence electrons. The molecule has 12 heavy (non-hydrogen) atoms. The van der Waals surface area contributed by atoms with Crippen LogP contribution in [-0.4, -0.2) is 11.1 Å². The predicted octanol–water partition coefficient (Wildman–Crippen LogP) is 1.77. The maximum atomic E-state index is 3.41. The second-order valence-corrected chi connectivity index (χ2v) is 3.64. The zero-order valence-electron chi connectivity index (χ0n) is 8.17. The predicted molar refractivity (Wildman–Crippen MR) is 52.0 cm³/mol.